The van der Waals surface area contributed by atoms with Crippen LogP contribution >= 0.6 is 23.1 Å². The van der Waals surface area contributed by atoms with Gasteiger partial charge in [0.05, 0.1) is 10.2 Å². The van der Waals surface area contributed by atoms with Crippen molar-refractivity contribution in [3.63, 3.8) is 0 Å². The normalized spacial score (nSPS) is 14.2. The number of thiophene rings is 1. The van der Waals surface area contributed by atoms with Crippen molar-refractivity contribution in [2.75, 3.05) is 5.75 Å². The van der Waals surface area contributed by atoms with E-state index in [1.54, 1.807) is 29.4 Å². The first-order valence-corrected chi connectivity index (χ1v) is 10.3. The molecule has 0 atom stereocenters. The van der Waals surface area contributed by atoms with E-state index in [-0.39, 0.29) is 0 Å². The van der Waals surface area contributed by atoms with Gasteiger partial charge in [-0.2, -0.15) is 0 Å². The van der Waals surface area contributed by atoms with Gasteiger partial charge in [0.25, 0.3) is 0 Å². The van der Waals surface area contributed by atoms with Gasteiger partial charge in [0.15, 0.2) is 0 Å². The summed E-state index contributed by atoms with van der Waals surface area (Å²) in [6.07, 6.45) is 7.60. The molecule has 0 spiro atoms. The molecule has 3 aromatic heterocycles. The van der Waals surface area contributed by atoms with Crippen molar-refractivity contribution in [3.8, 4) is 0 Å². The van der Waals surface area contributed by atoms with Crippen LogP contribution in [-0.4, -0.2) is 20.7 Å². The van der Waals surface area contributed by atoms with Gasteiger partial charge in [-0.3, -0.25) is 0 Å². The number of aromatic nitrogens is 3. The van der Waals surface area contributed by atoms with Crippen molar-refractivity contribution < 1.29 is 0 Å². The summed E-state index contributed by atoms with van der Waals surface area (Å²) in [5.74, 6) is 0.895. The second kappa shape index (κ2) is 6.45. The second-order valence-corrected chi connectivity index (χ2v) is 8.42. The van der Waals surface area contributed by atoms with E-state index in [4.69, 9.17) is 4.98 Å². The monoisotopic (exact) mass is 355 g/mol. The van der Waals surface area contributed by atoms with E-state index in [2.05, 4.69) is 30.4 Å². The Labute approximate surface area is 150 Å². The third kappa shape index (κ3) is 2.64. The molecule has 1 aliphatic rings. The van der Waals surface area contributed by atoms with Crippen LogP contribution in [0.5, 0.6) is 0 Å². The summed E-state index contributed by atoms with van der Waals surface area (Å²) >= 11 is 3.51. The number of hydrogen-bond donors (Lipinski definition) is 0. The van der Waals surface area contributed by atoms with E-state index < -0.39 is 0 Å². The first kappa shape index (κ1) is 16.0. The maximum absolute atomic E-state index is 5.00. The lowest BCUT2D eigenvalue weighted by molar-refractivity contribution is 0.679. The first-order chi connectivity index (χ1) is 11.7. The summed E-state index contributed by atoms with van der Waals surface area (Å²) in [7, 11) is 0. The van der Waals surface area contributed by atoms with Crippen molar-refractivity contribution in [1.82, 2.24) is 15.0 Å². The summed E-state index contributed by atoms with van der Waals surface area (Å²) in [6.45, 7) is 8.27. The lowest BCUT2D eigenvalue weighted by Crippen LogP contribution is -2.08. The van der Waals surface area contributed by atoms with Gasteiger partial charge in [0.2, 0.25) is 0 Å². The summed E-state index contributed by atoms with van der Waals surface area (Å²) in [6, 6.07) is 0. The number of rotatable bonds is 4. The molecule has 5 heteroatoms. The third-order valence-corrected chi connectivity index (χ3v) is 6.99. The van der Waals surface area contributed by atoms with Crippen LogP contribution in [0.4, 0.5) is 0 Å². The Morgan fingerprint density at radius 1 is 1.25 bits per heavy atom. The van der Waals surface area contributed by atoms with Gasteiger partial charge in [0.1, 0.15) is 16.2 Å². The number of nitrogens with zero attached hydrogens (tertiary/aromatic N) is 3. The van der Waals surface area contributed by atoms with Crippen molar-refractivity contribution in [3.05, 3.63) is 35.3 Å². The molecule has 24 heavy (non-hydrogen) atoms. The van der Waals surface area contributed by atoms with Gasteiger partial charge < -0.3 is 0 Å². The minimum atomic E-state index is 0.895. The van der Waals surface area contributed by atoms with Crippen LogP contribution in [0.2, 0.25) is 0 Å². The molecule has 0 amide bonds. The number of fused-ring (bicyclic) bond motifs is 5. The fourth-order valence-electron chi connectivity index (χ4n) is 3.50. The molecule has 1 aliphatic carbocycles. The zero-order chi connectivity index (χ0) is 16.7. The Kier molecular flexibility index (Phi) is 4.31. The summed E-state index contributed by atoms with van der Waals surface area (Å²) in [4.78, 5) is 15.3. The molecule has 0 radical (unpaired) electrons. The van der Waals surface area contributed by atoms with E-state index in [1.807, 2.05) is 0 Å². The minimum absolute atomic E-state index is 0.895. The molecule has 0 saturated heterocycles. The zero-order valence-corrected chi connectivity index (χ0v) is 15.8. The van der Waals surface area contributed by atoms with Gasteiger partial charge in [-0.1, -0.05) is 19.1 Å². The summed E-state index contributed by atoms with van der Waals surface area (Å²) in [5.41, 5.74) is 6.54. The Bertz CT molecular complexity index is 943. The molecule has 3 aromatic rings. The molecule has 124 valence electrons. The Morgan fingerprint density at radius 3 is 2.79 bits per heavy atom. The highest BCUT2D eigenvalue weighted by atomic mass is 32.2. The van der Waals surface area contributed by atoms with Crippen LogP contribution in [-0.2, 0) is 19.3 Å². The molecule has 0 fully saturated rings. The zero-order valence-electron chi connectivity index (χ0n) is 14.2. The van der Waals surface area contributed by atoms with Gasteiger partial charge in [0, 0.05) is 16.8 Å². The fraction of sp³-hybridized carbons (Fsp3) is 0.421. The van der Waals surface area contributed by atoms with Crippen LogP contribution in [0.15, 0.2) is 23.5 Å². The second-order valence-electron chi connectivity index (χ2n) is 6.46. The predicted molar refractivity (Wildman–Crippen MR) is 104 cm³/mol. The molecule has 4 rings (SSSR count). The van der Waals surface area contributed by atoms with Crippen LogP contribution in [0.25, 0.3) is 20.4 Å². The molecular formula is C19H21N3S2. The lowest BCUT2D eigenvalue weighted by Gasteiger charge is -2.19. The van der Waals surface area contributed by atoms with Crippen molar-refractivity contribution in [2.45, 2.75) is 51.0 Å². The molecule has 0 saturated carbocycles. The molecular weight excluding hydrogens is 334 g/mol. The number of pyridine rings is 1. The quantitative estimate of drug-likeness (QED) is 0.359. The predicted octanol–water partition coefficient (Wildman–Crippen LogP) is 5.35. The van der Waals surface area contributed by atoms with Crippen molar-refractivity contribution in [2.24, 2.45) is 0 Å². The molecule has 0 unspecified atom stereocenters. The highest BCUT2D eigenvalue weighted by molar-refractivity contribution is 7.99. The SMILES string of the molecule is C=C(C)CSc1ncnc2c1sc1nc(CC)c3c(c12)CCCC3. The molecule has 3 nitrogen and oxygen atoms in total. The van der Waals surface area contributed by atoms with E-state index in [0.717, 1.165) is 39.5 Å². The average Bonchev–Trinajstić information content (AvgIpc) is 2.98. The van der Waals surface area contributed by atoms with Gasteiger partial charge in [-0.25, -0.2) is 15.0 Å². The molecule has 3 heterocycles. The smallest absolute Gasteiger partial charge is 0.126 e. The van der Waals surface area contributed by atoms with E-state index in [0.29, 0.717) is 0 Å². The largest absolute Gasteiger partial charge is 0.242 e. The van der Waals surface area contributed by atoms with E-state index >= 15 is 0 Å². The maximum Gasteiger partial charge on any atom is 0.126 e. The average molecular weight is 356 g/mol. The third-order valence-electron chi connectivity index (χ3n) is 4.57. The lowest BCUT2D eigenvalue weighted by atomic mass is 9.88. The van der Waals surface area contributed by atoms with Gasteiger partial charge in [-0.15, -0.1) is 23.1 Å². The molecule has 0 bridgehead atoms. The van der Waals surface area contributed by atoms with Crippen molar-refractivity contribution in [1.29, 1.82) is 0 Å². The Morgan fingerprint density at radius 2 is 2.04 bits per heavy atom. The Hall–Kier alpha value is -1.46. The van der Waals surface area contributed by atoms with Crippen molar-refractivity contribution >= 4 is 43.5 Å². The number of hydrogen-bond acceptors (Lipinski definition) is 5. The van der Waals surface area contributed by atoms with Gasteiger partial charge in [-0.05, 0) is 50.2 Å². The molecule has 0 aliphatic heterocycles. The topological polar surface area (TPSA) is 38.7 Å². The fourth-order valence-corrected chi connectivity index (χ4v) is 5.60. The first-order valence-electron chi connectivity index (χ1n) is 8.54. The van der Waals surface area contributed by atoms with Gasteiger partial charge >= 0.3 is 0 Å². The maximum atomic E-state index is 5.00. The van der Waals surface area contributed by atoms with E-state index in [9.17, 15) is 0 Å². The number of thioether (sulfide) groups is 1. The standard InChI is InChI=1S/C19H21N3S2/c1-4-14-12-7-5-6-8-13(12)15-16-17(24-18(15)22-14)19(21-10-20-16)23-9-11(2)3/h10H,2,4-9H2,1,3H3. The molecule has 0 N–H and O–H groups in total. The van der Waals surface area contributed by atoms with E-state index in [1.165, 1.54) is 46.2 Å². The van der Waals surface area contributed by atoms with Crippen LogP contribution in [0.3, 0.4) is 0 Å². The van der Waals surface area contributed by atoms with Crippen LogP contribution in [0.1, 0.15) is 43.5 Å². The highest BCUT2D eigenvalue weighted by Gasteiger charge is 2.22. The summed E-state index contributed by atoms with van der Waals surface area (Å²) < 4.78 is 1.19. The number of aryl methyl sites for hydroxylation is 2. The Balaban J connectivity index is 1.98. The molecule has 0 aromatic carbocycles. The minimum Gasteiger partial charge on any atom is -0.242 e. The summed E-state index contributed by atoms with van der Waals surface area (Å²) in [5, 5.41) is 2.36. The highest BCUT2D eigenvalue weighted by Crippen LogP contribution is 2.41. The van der Waals surface area contributed by atoms with Crippen LogP contribution in [0, 0.1) is 0 Å². The van der Waals surface area contributed by atoms with Crippen LogP contribution < -0.4 is 0 Å².